The van der Waals surface area contributed by atoms with E-state index in [1.807, 2.05) is 50.2 Å². The van der Waals surface area contributed by atoms with Crippen molar-refractivity contribution in [2.24, 2.45) is 0 Å². The lowest BCUT2D eigenvalue weighted by Gasteiger charge is -2.19. The Labute approximate surface area is 227 Å². The Kier molecular flexibility index (Phi) is 7.73. The topological polar surface area (TPSA) is 57.4 Å². The van der Waals surface area contributed by atoms with E-state index in [9.17, 15) is 0 Å². The second-order valence-corrected chi connectivity index (χ2v) is 11.4. The molecular formula is C34H40N4. The third-order valence-electron chi connectivity index (χ3n) is 6.41. The Morgan fingerprint density at radius 3 is 1.16 bits per heavy atom. The van der Waals surface area contributed by atoms with Crippen LogP contribution in [0.25, 0.3) is 45.3 Å². The SMILES string of the molecule is CC.CC(C)(C)c1[nH]c(-c2ccccc2)nc1-c1cccc(-c2nc(-c3ccccc3)[nH]c2C(C)(C)C)c1. The maximum absolute atomic E-state index is 5.09. The van der Waals surface area contributed by atoms with E-state index in [2.05, 4.69) is 100 Å². The predicted octanol–water partition coefficient (Wildman–Crippen LogP) is 9.42. The molecule has 4 nitrogen and oxygen atoms in total. The molecule has 0 bridgehead atoms. The Hall–Kier alpha value is -3.92. The summed E-state index contributed by atoms with van der Waals surface area (Å²) in [6, 6.07) is 29.2. The molecule has 0 spiro atoms. The molecule has 0 saturated heterocycles. The van der Waals surface area contributed by atoms with Gasteiger partial charge < -0.3 is 9.97 Å². The molecule has 0 aliphatic carbocycles. The normalized spacial score (nSPS) is 11.7. The van der Waals surface area contributed by atoms with Crippen molar-refractivity contribution in [3.05, 3.63) is 96.3 Å². The first-order valence-electron chi connectivity index (χ1n) is 13.5. The Morgan fingerprint density at radius 2 is 0.816 bits per heavy atom. The van der Waals surface area contributed by atoms with Gasteiger partial charge in [0, 0.05) is 44.5 Å². The summed E-state index contributed by atoms with van der Waals surface area (Å²) in [6.45, 7) is 17.3. The number of nitrogens with one attached hydrogen (secondary N) is 2. The number of hydrogen-bond acceptors (Lipinski definition) is 2. The van der Waals surface area contributed by atoms with Gasteiger partial charge in [0.15, 0.2) is 0 Å². The van der Waals surface area contributed by atoms with E-state index in [4.69, 9.17) is 9.97 Å². The monoisotopic (exact) mass is 504 g/mol. The summed E-state index contributed by atoms with van der Waals surface area (Å²) in [7, 11) is 0. The second kappa shape index (κ2) is 10.8. The molecule has 5 aromatic rings. The van der Waals surface area contributed by atoms with E-state index in [1.54, 1.807) is 0 Å². The number of nitrogens with zero attached hydrogens (tertiary/aromatic N) is 2. The van der Waals surface area contributed by atoms with Crippen LogP contribution in [-0.4, -0.2) is 19.9 Å². The van der Waals surface area contributed by atoms with Gasteiger partial charge in [0.25, 0.3) is 0 Å². The lowest BCUT2D eigenvalue weighted by molar-refractivity contribution is 0.574. The fraction of sp³-hybridized carbons (Fsp3) is 0.294. The fourth-order valence-electron chi connectivity index (χ4n) is 4.53. The molecule has 0 aliphatic heterocycles. The van der Waals surface area contributed by atoms with Gasteiger partial charge in [0.05, 0.1) is 11.4 Å². The number of imidazole rings is 2. The first-order chi connectivity index (χ1) is 18.1. The first-order valence-corrected chi connectivity index (χ1v) is 13.5. The molecule has 4 heteroatoms. The minimum atomic E-state index is -0.0885. The van der Waals surface area contributed by atoms with E-state index in [1.165, 1.54) is 0 Å². The molecular weight excluding hydrogens is 464 g/mol. The molecule has 2 heterocycles. The van der Waals surface area contributed by atoms with E-state index >= 15 is 0 Å². The van der Waals surface area contributed by atoms with Crippen LogP contribution >= 0.6 is 0 Å². The molecule has 0 radical (unpaired) electrons. The van der Waals surface area contributed by atoms with Gasteiger partial charge in [-0.25, -0.2) is 9.97 Å². The number of benzene rings is 3. The summed E-state index contributed by atoms with van der Waals surface area (Å²) in [6.07, 6.45) is 0. The molecule has 196 valence electrons. The zero-order chi connectivity index (χ0) is 27.5. The summed E-state index contributed by atoms with van der Waals surface area (Å²) in [5.41, 5.74) is 8.38. The van der Waals surface area contributed by atoms with Gasteiger partial charge in [-0.1, -0.05) is 134 Å². The number of aromatic amines is 2. The van der Waals surface area contributed by atoms with Crippen LogP contribution in [0.4, 0.5) is 0 Å². The van der Waals surface area contributed by atoms with E-state index in [0.29, 0.717) is 0 Å². The average molecular weight is 505 g/mol. The number of rotatable bonds is 4. The van der Waals surface area contributed by atoms with Crippen LogP contribution in [0.3, 0.4) is 0 Å². The Bertz CT molecular complexity index is 1370. The smallest absolute Gasteiger partial charge is 0.138 e. The third-order valence-corrected chi connectivity index (χ3v) is 6.41. The maximum atomic E-state index is 5.09. The Morgan fingerprint density at radius 1 is 0.474 bits per heavy atom. The minimum Gasteiger partial charge on any atom is -0.341 e. The summed E-state index contributed by atoms with van der Waals surface area (Å²) in [4.78, 5) is 17.4. The van der Waals surface area contributed by atoms with Crippen LogP contribution < -0.4 is 0 Å². The molecule has 38 heavy (non-hydrogen) atoms. The highest BCUT2D eigenvalue weighted by Gasteiger charge is 2.26. The van der Waals surface area contributed by atoms with Crippen LogP contribution in [0.15, 0.2) is 84.9 Å². The van der Waals surface area contributed by atoms with Crippen molar-refractivity contribution < 1.29 is 0 Å². The highest BCUT2D eigenvalue weighted by atomic mass is 15.0. The van der Waals surface area contributed by atoms with Gasteiger partial charge in [-0.05, 0) is 6.07 Å². The molecule has 0 fully saturated rings. The van der Waals surface area contributed by atoms with Crippen molar-refractivity contribution in [2.45, 2.75) is 66.2 Å². The summed E-state index contributed by atoms with van der Waals surface area (Å²) >= 11 is 0. The van der Waals surface area contributed by atoms with E-state index in [-0.39, 0.29) is 10.8 Å². The molecule has 0 aliphatic rings. The third kappa shape index (κ3) is 5.65. The fourth-order valence-corrected chi connectivity index (χ4v) is 4.53. The van der Waals surface area contributed by atoms with Gasteiger partial charge in [-0.15, -0.1) is 0 Å². The van der Waals surface area contributed by atoms with Gasteiger partial charge in [0.1, 0.15) is 11.6 Å². The quantitative estimate of drug-likeness (QED) is 0.256. The molecule has 0 saturated carbocycles. The van der Waals surface area contributed by atoms with E-state index < -0.39 is 0 Å². The van der Waals surface area contributed by atoms with Crippen LogP contribution in [0.5, 0.6) is 0 Å². The molecule has 5 rings (SSSR count). The van der Waals surface area contributed by atoms with Crippen LogP contribution in [0.2, 0.25) is 0 Å². The average Bonchev–Trinajstić information content (AvgIpc) is 3.57. The van der Waals surface area contributed by atoms with Crippen molar-refractivity contribution in [1.82, 2.24) is 19.9 Å². The summed E-state index contributed by atoms with van der Waals surface area (Å²) in [5.74, 6) is 1.78. The van der Waals surface area contributed by atoms with E-state index in [0.717, 1.165) is 56.7 Å². The number of aromatic nitrogens is 4. The molecule has 0 unspecified atom stereocenters. The second-order valence-electron chi connectivity index (χ2n) is 11.4. The van der Waals surface area contributed by atoms with Crippen LogP contribution in [0, 0.1) is 0 Å². The summed E-state index contributed by atoms with van der Waals surface area (Å²) < 4.78 is 0. The number of H-pyrrole nitrogens is 2. The zero-order valence-corrected chi connectivity index (χ0v) is 24.0. The number of hydrogen-bond donors (Lipinski definition) is 2. The zero-order valence-electron chi connectivity index (χ0n) is 24.0. The standard InChI is InChI=1S/C32H34N4.C2H6/c1-31(2,3)27-25(33-29(35-27)21-14-9-7-10-15-21)23-18-13-19-24(20-23)26-28(32(4,5)6)36-30(34-26)22-16-11-8-12-17-22;1-2/h7-20H,1-6H3,(H,33,35)(H,34,36);1-2H3. The van der Waals surface area contributed by atoms with Crippen molar-refractivity contribution in [3.8, 4) is 45.3 Å². The lowest BCUT2D eigenvalue weighted by atomic mass is 9.87. The summed E-state index contributed by atoms with van der Waals surface area (Å²) in [5, 5.41) is 0. The first kappa shape index (κ1) is 27.1. The van der Waals surface area contributed by atoms with Gasteiger partial charge in [0.2, 0.25) is 0 Å². The van der Waals surface area contributed by atoms with Crippen LogP contribution in [-0.2, 0) is 10.8 Å². The largest absolute Gasteiger partial charge is 0.341 e. The van der Waals surface area contributed by atoms with Crippen molar-refractivity contribution in [3.63, 3.8) is 0 Å². The highest BCUT2D eigenvalue weighted by molar-refractivity contribution is 5.76. The van der Waals surface area contributed by atoms with Crippen molar-refractivity contribution >= 4 is 0 Å². The maximum Gasteiger partial charge on any atom is 0.138 e. The minimum absolute atomic E-state index is 0.0885. The molecule has 0 amide bonds. The lowest BCUT2D eigenvalue weighted by Crippen LogP contribution is -2.13. The van der Waals surface area contributed by atoms with Gasteiger partial charge in [-0.3, -0.25) is 0 Å². The predicted molar refractivity (Wildman–Crippen MR) is 161 cm³/mol. The molecule has 0 atom stereocenters. The molecule has 2 aromatic heterocycles. The van der Waals surface area contributed by atoms with Crippen molar-refractivity contribution in [1.29, 1.82) is 0 Å². The molecule has 3 aromatic carbocycles. The molecule has 2 N–H and O–H groups in total. The van der Waals surface area contributed by atoms with Crippen molar-refractivity contribution in [2.75, 3.05) is 0 Å². The van der Waals surface area contributed by atoms with Crippen LogP contribution in [0.1, 0.15) is 66.8 Å². The highest BCUT2D eigenvalue weighted by Crippen LogP contribution is 2.38. The van der Waals surface area contributed by atoms with Gasteiger partial charge >= 0.3 is 0 Å². The van der Waals surface area contributed by atoms with Gasteiger partial charge in [-0.2, -0.15) is 0 Å². The Balaban J connectivity index is 0.00000164.